The van der Waals surface area contributed by atoms with Crippen LogP contribution in [0.3, 0.4) is 0 Å². The van der Waals surface area contributed by atoms with E-state index in [2.05, 4.69) is 39.5 Å². The van der Waals surface area contributed by atoms with Crippen molar-refractivity contribution in [2.24, 2.45) is 5.73 Å². The number of benzene rings is 1. The standard InChI is InChI=1S/C9H8BrNS/c10-8-5-12-9-2-1-6(4-11)3-7(8)9/h1-3,5H,4,11H2. The van der Waals surface area contributed by atoms with Crippen LogP contribution in [-0.4, -0.2) is 0 Å². The largest absolute Gasteiger partial charge is 0.326 e. The fourth-order valence-corrected chi connectivity index (χ4v) is 2.71. The molecule has 0 unspecified atom stereocenters. The Bertz CT molecular complexity index is 408. The SMILES string of the molecule is NCc1ccc2scc(Br)c2c1. The molecule has 0 aliphatic rings. The molecule has 3 heteroatoms. The number of hydrogen-bond acceptors (Lipinski definition) is 2. The molecule has 0 aliphatic heterocycles. The quantitative estimate of drug-likeness (QED) is 0.816. The van der Waals surface area contributed by atoms with Crippen molar-refractivity contribution in [1.82, 2.24) is 0 Å². The molecule has 62 valence electrons. The maximum atomic E-state index is 5.55. The van der Waals surface area contributed by atoms with Gasteiger partial charge in [0.25, 0.3) is 0 Å². The second kappa shape index (κ2) is 3.17. The van der Waals surface area contributed by atoms with Gasteiger partial charge in [-0.05, 0) is 33.6 Å². The Labute approximate surface area is 83.3 Å². The summed E-state index contributed by atoms with van der Waals surface area (Å²) in [6.45, 7) is 0.609. The Kier molecular flexibility index (Phi) is 2.17. The van der Waals surface area contributed by atoms with Gasteiger partial charge in [-0.1, -0.05) is 6.07 Å². The number of hydrogen-bond donors (Lipinski definition) is 1. The molecule has 0 radical (unpaired) electrons. The van der Waals surface area contributed by atoms with Gasteiger partial charge in [-0.15, -0.1) is 11.3 Å². The van der Waals surface area contributed by atoms with Crippen LogP contribution in [0, 0.1) is 0 Å². The van der Waals surface area contributed by atoms with Gasteiger partial charge < -0.3 is 5.73 Å². The monoisotopic (exact) mass is 241 g/mol. The van der Waals surface area contributed by atoms with Gasteiger partial charge in [0.1, 0.15) is 0 Å². The zero-order valence-corrected chi connectivity index (χ0v) is 8.78. The molecule has 0 saturated heterocycles. The Morgan fingerprint density at radius 2 is 2.25 bits per heavy atom. The van der Waals surface area contributed by atoms with E-state index in [4.69, 9.17) is 5.73 Å². The van der Waals surface area contributed by atoms with Gasteiger partial charge in [-0.3, -0.25) is 0 Å². The first-order valence-electron chi connectivity index (χ1n) is 3.67. The molecule has 0 spiro atoms. The normalized spacial score (nSPS) is 10.8. The highest BCUT2D eigenvalue weighted by Gasteiger charge is 2.00. The van der Waals surface area contributed by atoms with E-state index in [0.29, 0.717) is 6.54 Å². The van der Waals surface area contributed by atoms with Gasteiger partial charge in [0.05, 0.1) is 0 Å². The third kappa shape index (κ3) is 1.28. The minimum Gasteiger partial charge on any atom is -0.326 e. The van der Waals surface area contributed by atoms with Crippen LogP contribution < -0.4 is 5.73 Å². The lowest BCUT2D eigenvalue weighted by atomic mass is 10.2. The zero-order chi connectivity index (χ0) is 8.55. The molecule has 0 aliphatic carbocycles. The molecular formula is C9H8BrNS. The van der Waals surface area contributed by atoms with Crippen LogP contribution >= 0.6 is 27.3 Å². The van der Waals surface area contributed by atoms with Crippen LogP contribution in [0.1, 0.15) is 5.56 Å². The van der Waals surface area contributed by atoms with Crippen molar-refractivity contribution in [2.75, 3.05) is 0 Å². The van der Waals surface area contributed by atoms with Gasteiger partial charge in [-0.25, -0.2) is 0 Å². The average Bonchev–Trinajstić information content (AvgIpc) is 2.47. The molecule has 12 heavy (non-hydrogen) atoms. The number of thiophene rings is 1. The van der Waals surface area contributed by atoms with E-state index < -0.39 is 0 Å². The van der Waals surface area contributed by atoms with Gasteiger partial charge in [0.15, 0.2) is 0 Å². The fraction of sp³-hybridized carbons (Fsp3) is 0.111. The summed E-state index contributed by atoms with van der Waals surface area (Å²) in [4.78, 5) is 0. The van der Waals surface area contributed by atoms with Crippen LogP contribution in [0.4, 0.5) is 0 Å². The second-order valence-corrected chi connectivity index (χ2v) is 4.38. The first-order valence-corrected chi connectivity index (χ1v) is 5.34. The maximum Gasteiger partial charge on any atom is 0.0361 e. The number of rotatable bonds is 1. The smallest absolute Gasteiger partial charge is 0.0361 e. The van der Waals surface area contributed by atoms with Gasteiger partial charge >= 0.3 is 0 Å². The van der Waals surface area contributed by atoms with Crippen molar-refractivity contribution in [2.45, 2.75) is 6.54 Å². The number of nitrogens with two attached hydrogens (primary N) is 1. The minimum atomic E-state index is 0.609. The van der Waals surface area contributed by atoms with Crippen molar-refractivity contribution in [3.8, 4) is 0 Å². The number of halogens is 1. The highest BCUT2D eigenvalue weighted by atomic mass is 79.9. The van der Waals surface area contributed by atoms with Crippen molar-refractivity contribution in [1.29, 1.82) is 0 Å². The predicted octanol–water partition coefficient (Wildman–Crippen LogP) is 3.12. The van der Waals surface area contributed by atoms with E-state index in [0.717, 1.165) is 4.47 Å². The Balaban J connectivity index is 2.71. The second-order valence-electron chi connectivity index (χ2n) is 2.62. The van der Waals surface area contributed by atoms with Crippen molar-refractivity contribution < 1.29 is 0 Å². The van der Waals surface area contributed by atoms with E-state index in [1.54, 1.807) is 11.3 Å². The lowest BCUT2D eigenvalue weighted by Crippen LogP contribution is -1.94. The first-order chi connectivity index (χ1) is 5.81. The summed E-state index contributed by atoms with van der Waals surface area (Å²) >= 11 is 5.25. The average molecular weight is 242 g/mol. The Hall–Kier alpha value is -0.380. The molecule has 1 heterocycles. The summed E-state index contributed by atoms with van der Waals surface area (Å²) in [7, 11) is 0. The topological polar surface area (TPSA) is 26.0 Å². The lowest BCUT2D eigenvalue weighted by molar-refractivity contribution is 1.08. The predicted molar refractivity (Wildman–Crippen MR) is 57.4 cm³/mol. The zero-order valence-electron chi connectivity index (χ0n) is 6.38. The third-order valence-electron chi connectivity index (χ3n) is 1.83. The van der Waals surface area contributed by atoms with E-state index in [-0.39, 0.29) is 0 Å². The molecule has 2 N–H and O–H groups in total. The summed E-state index contributed by atoms with van der Waals surface area (Å²) < 4.78 is 2.47. The minimum absolute atomic E-state index is 0.609. The highest BCUT2D eigenvalue weighted by Crippen LogP contribution is 2.30. The van der Waals surface area contributed by atoms with Crippen molar-refractivity contribution in [3.63, 3.8) is 0 Å². The van der Waals surface area contributed by atoms with Gasteiger partial charge in [0.2, 0.25) is 0 Å². The van der Waals surface area contributed by atoms with E-state index in [9.17, 15) is 0 Å². The van der Waals surface area contributed by atoms with Gasteiger partial charge in [0, 0.05) is 26.5 Å². The molecule has 0 saturated carbocycles. The molecule has 1 nitrogen and oxygen atoms in total. The van der Waals surface area contributed by atoms with Crippen LogP contribution in [0.15, 0.2) is 28.1 Å². The Morgan fingerprint density at radius 1 is 1.42 bits per heavy atom. The third-order valence-corrected chi connectivity index (χ3v) is 3.75. The molecule has 1 aromatic carbocycles. The summed E-state index contributed by atoms with van der Waals surface area (Å²) in [5, 5.41) is 3.37. The summed E-state index contributed by atoms with van der Waals surface area (Å²) in [5.74, 6) is 0. The fourth-order valence-electron chi connectivity index (χ4n) is 1.17. The van der Waals surface area contributed by atoms with E-state index in [1.165, 1.54) is 15.6 Å². The molecule has 2 rings (SSSR count). The van der Waals surface area contributed by atoms with E-state index in [1.807, 2.05) is 0 Å². The van der Waals surface area contributed by atoms with E-state index >= 15 is 0 Å². The molecular weight excluding hydrogens is 234 g/mol. The van der Waals surface area contributed by atoms with Crippen molar-refractivity contribution in [3.05, 3.63) is 33.6 Å². The molecule has 0 fully saturated rings. The van der Waals surface area contributed by atoms with Crippen LogP contribution in [-0.2, 0) is 6.54 Å². The number of fused-ring (bicyclic) bond motifs is 1. The summed E-state index contributed by atoms with van der Waals surface area (Å²) in [6.07, 6.45) is 0. The molecule has 2 aromatic rings. The Morgan fingerprint density at radius 3 is 3.00 bits per heavy atom. The van der Waals surface area contributed by atoms with Crippen LogP contribution in [0.5, 0.6) is 0 Å². The first kappa shape index (κ1) is 8.23. The molecule has 1 aromatic heterocycles. The van der Waals surface area contributed by atoms with Gasteiger partial charge in [-0.2, -0.15) is 0 Å². The lowest BCUT2D eigenvalue weighted by Gasteiger charge is -1.96. The summed E-state index contributed by atoms with van der Waals surface area (Å²) in [5.41, 5.74) is 6.73. The van der Waals surface area contributed by atoms with Crippen LogP contribution in [0.2, 0.25) is 0 Å². The van der Waals surface area contributed by atoms with Crippen LogP contribution in [0.25, 0.3) is 10.1 Å². The highest BCUT2D eigenvalue weighted by molar-refractivity contribution is 9.10. The molecule has 0 atom stereocenters. The van der Waals surface area contributed by atoms with Crippen molar-refractivity contribution >= 4 is 37.4 Å². The summed E-state index contributed by atoms with van der Waals surface area (Å²) in [6, 6.07) is 6.33. The maximum absolute atomic E-state index is 5.55. The molecule has 0 bridgehead atoms. The molecule has 0 amide bonds.